The Morgan fingerprint density at radius 3 is 1.65 bits per heavy atom. The van der Waals surface area contributed by atoms with Gasteiger partial charge in [-0.25, -0.2) is 0 Å². The van der Waals surface area contributed by atoms with E-state index in [9.17, 15) is 19.2 Å². The van der Waals surface area contributed by atoms with Crippen molar-refractivity contribution in [1.29, 1.82) is 0 Å². The topological polar surface area (TPSA) is 122 Å². The monoisotopic (exact) mass is 649 g/mol. The van der Waals surface area contributed by atoms with Gasteiger partial charge in [-0.2, -0.15) is 0 Å². The molecule has 4 amide bonds. The van der Waals surface area contributed by atoms with E-state index in [0.717, 1.165) is 19.3 Å². The second kappa shape index (κ2) is 21.9. The summed E-state index contributed by atoms with van der Waals surface area (Å²) in [6.07, 6.45) is 15.8. The highest BCUT2D eigenvalue weighted by Crippen LogP contribution is 2.38. The van der Waals surface area contributed by atoms with Crippen LogP contribution in [0, 0.1) is 27.1 Å². The van der Waals surface area contributed by atoms with Crippen LogP contribution in [0.1, 0.15) is 129 Å². The minimum absolute atomic E-state index is 0.0114. The molecule has 0 spiro atoms. The summed E-state index contributed by atoms with van der Waals surface area (Å²) in [6, 6.07) is 0. The predicted molar refractivity (Wildman–Crippen MR) is 196 cm³/mol. The van der Waals surface area contributed by atoms with E-state index >= 15 is 0 Å². The SMILES string of the molecule is C/C=C/CC(C)(C)CNC(=O)C(C)(C)CC(C)(C)C(N)=O.C/C=C\C=C/CC(C)(C)CC(C)(C)C(=O)N1CCC1=O.CC.CNC. The molecule has 0 aromatic rings. The normalized spacial score (nSPS) is 14.1. The van der Waals surface area contributed by atoms with Gasteiger partial charge >= 0.3 is 0 Å². The molecule has 0 aliphatic carbocycles. The summed E-state index contributed by atoms with van der Waals surface area (Å²) >= 11 is 0. The standard InChI is InChI=1S/C17H32N2O2.C17H27NO2.C2H7N.C2H6/c1-8-9-10-15(2,3)12-19-14(21)17(6,7)11-16(4,5)13(18)20;1-6-7-8-9-11-16(2,3)13-17(4,5)15(20)18-12-10-14(18)19;1-3-2;1-2/h8-9H,10-12H2,1-7H3,(H2,18,20)(H,19,21);6-9H,10-13H2,1-5H3;3H,1-2H3;1-2H3/b9-8+;7-6-,9-8-;;. The molecule has 0 saturated carbocycles. The summed E-state index contributed by atoms with van der Waals surface area (Å²) in [5.41, 5.74) is 3.63. The van der Waals surface area contributed by atoms with Crippen LogP contribution in [0.5, 0.6) is 0 Å². The average molecular weight is 649 g/mol. The van der Waals surface area contributed by atoms with Crippen molar-refractivity contribution in [2.45, 2.75) is 129 Å². The van der Waals surface area contributed by atoms with E-state index in [1.165, 1.54) is 4.90 Å². The Morgan fingerprint density at radius 1 is 0.761 bits per heavy atom. The van der Waals surface area contributed by atoms with Gasteiger partial charge in [0.1, 0.15) is 0 Å². The van der Waals surface area contributed by atoms with Crippen LogP contribution in [-0.2, 0) is 19.2 Å². The van der Waals surface area contributed by atoms with E-state index in [-0.39, 0.29) is 34.5 Å². The number of amides is 4. The summed E-state index contributed by atoms with van der Waals surface area (Å²) in [6.45, 7) is 28.9. The zero-order valence-electron chi connectivity index (χ0n) is 32.6. The molecule has 1 aliphatic heterocycles. The van der Waals surface area contributed by atoms with E-state index in [1.807, 2.05) is 93.8 Å². The molecule has 0 atom stereocenters. The number of β-lactam (4-membered cyclic amide) rings is 1. The molecule has 8 heteroatoms. The number of nitrogens with two attached hydrogens (primary N) is 1. The maximum atomic E-state index is 12.4. The zero-order valence-corrected chi connectivity index (χ0v) is 32.6. The van der Waals surface area contributed by atoms with Crippen molar-refractivity contribution in [2.24, 2.45) is 32.8 Å². The molecule has 1 fully saturated rings. The molecule has 4 N–H and O–H groups in total. The number of allylic oxidation sites excluding steroid dienone is 6. The third-order valence-electron chi connectivity index (χ3n) is 7.50. The number of hydrogen-bond acceptors (Lipinski definition) is 5. The van der Waals surface area contributed by atoms with E-state index in [1.54, 1.807) is 13.8 Å². The van der Waals surface area contributed by atoms with Crippen molar-refractivity contribution >= 4 is 23.6 Å². The van der Waals surface area contributed by atoms with E-state index in [4.69, 9.17) is 5.73 Å². The van der Waals surface area contributed by atoms with E-state index in [2.05, 4.69) is 50.5 Å². The van der Waals surface area contributed by atoms with Gasteiger partial charge in [-0.05, 0) is 64.5 Å². The van der Waals surface area contributed by atoms with Gasteiger partial charge in [-0.15, -0.1) is 0 Å². The van der Waals surface area contributed by atoms with Crippen molar-refractivity contribution in [1.82, 2.24) is 15.5 Å². The van der Waals surface area contributed by atoms with Gasteiger partial charge in [-0.1, -0.05) is 120 Å². The van der Waals surface area contributed by atoms with Crippen LogP contribution in [0.3, 0.4) is 0 Å². The Labute approximate surface area is 283 Å². The molecule has 46 heavy (non-hydrogen) atoms. The van der Waals surface area contributed by atoms with E-state index in [0.29, 0.717) is 25.9 Å². The quantitative estimate of drug-likeness (QED) is 0.102. The Hall–Kier alpha value is -2.74. The molecule has 1 rings (SSSR count). The number of rotatable bonds is 14. The molecule has 0 aromatic carbocycles. The van der Waals surface area contributed by atoms with Crippen molar-refractivity contribution in [2.75, 3.05) is 27.2 Å². The molecule has 0 unspecified atom stereocenters. The number of nitrogens with one attached hydrogen (secondary N) is 2. The van der Waals surface area contributed by atoms with Gasteiger partial charge < -0.3 is 16.4 Å². The highest BCUT2D eigenvalue weighted by molar-refractivity contribution is 6.01. The third-order valence-corrected chi connectivity index (χ3v) is 7.50. The number of primary amides is 1. The molecule has 0 bridgehead atoms. The number of imide groups is 1. The van der Waals surface area contributed by atoms with Crippen molar-refractivity contribution < 1.29 is 19.2 Å². The summed E-state index contributed by atoms with van der Waals surface area (Å²) in [5, 5.41) is 5.76. The Balaban J connectivity index is -0.000000705. The first-order chi connectivity index (χ1) is 20.9. The van der Waals surface area contributed by atoms with Crippen LogP contribution in [0.4, 0.5) is 0 Å². The highest BCUT2D eigenvalue weighted by Gasteiger charge is 2.42. The maximum Gasteiger partial charge on any atom is 0.234 e. The highest BCUT2D eigenvalue weighted by atomic mass is 16.2. The summed E-state index contributed by atoms with van der Waals surface area (Å²) in [5.74, 6) is -0.477. The van der Waals surface area contributed by atoms with Crippen LogP contribution in [0.2, 0.25) is 0 Å². The van der Waals surface area contributed by atoms with Crippen molar-refractivity contribution in [3.63, 3.8) is 0 Å². The van der Waals surface area contributed by atoms with Crippen LogP contribution in [0.15, 0.2) is 36.5 Å². The van der Waals surface area contributed by atoms with Crippen LogP contribution in [-0.4, -0.2) is 55.7 Å². The number of nitrogens with zero attached hydrogens (tertiary/aromatic N) is 1. The van der Waals surface area contributed by atoms with Gasteiger partial charge in [-0.3, -0.25) is 24.1 Å². The molecule has 1 saturated heterocycles. The van der Waals surface area contributed by atoms with Crippen LogP contribution in [0.25, 0.3) is 0 Å². The molecular formula is C38H72N4O4. The lowest BCUT2D eigenvalue weighted by molar-refractivity contribution is -0.159. The lowest BCUT2D eigenvalue weighted by Crippen LogP contribution is -2.53. The number of hydrogen-bond donors (Lipinski definition) is 3. The fraction of sp³-hybridized carbons (Fsp3) is 0.737. The van der Waals surface area contributed by atoms with Crippen LogP contribution < -0.4 is 16.4 Å². The van der Waals surface area contributed by atoms with Gasteiger partial charge in [0.05, 0.1) is 0 Å². The minimum Gasteiger partial charge on any atom is -0.369 e. The molecule has 1 aliphatic rings. The van der Waals surface area contributed by atoms with E-state index < -0.39 is 16.2 Å². The van der Waals surface area contributed by atoms with Crippen LogP contribution >= 0.6 is 0 Å². The smallest absolute Gasteiger partial charge is 0.234 e. The molecule has 1 heterocycles. The fourth-order valence-electron chi connectivity index (χ4n) is 5.16. The second-order valence-electron chi connectivity index (χ2n) is 15.4. The second-order valence-corrected chi connectivity index (χ2v) is 15.4. The molecule has 268 valence electrons. The largest absolute Gasteiger partial charge is 0.369 e. The lowest BCUT2D eigenvalue weighted by Gasteiger charge is -2.39. The first-order valence-electron chi connectivity index (χ1n) is 16.9. The summed E-state index contributed by atoms with van der Waals surface area (Å²) in [4.78, 5) is 49.0. The Bertz CT molecular complexity index is 1020. The first-order valence-corrected chi connectivity index (χ1v) is 16.9. The average Bonchev–Trinajstić information content (AvgIpc) is 2.93. The lowest BCUT2D eigenvalue weighted by atomic mass is 9.72. The first kappa shape index (κ1) is 47.7. The number of carbonyl (C=O) groups is 4. The van der Waals surface area contributed by atoms with Gasteiger partial charge in [0.15, 0.2) is 0 Å². The summed E-state index contributed by atoms with van der Waals surface area (Å²) in [7, 11) is 3.75. The summed E-state index contributed by atoms with van der Waals surface area (Å²) < 4.78 is 0. The molecule has 8 nitrogen and oxygen atoms in total. The van der Waals surface area contributed by atoms with Crippen molar-refractivity contribution in [3.8, 4) is 0 Å². The third kappa shape index (κ3) is 19.7. The zero-order chi connectivity index (χ0) is 37.0. The van der Waals surface area contributed by atoms with Gasteiger partial charge in [0.25, 0.3) is 0 Å². The Kier molecular flexibility index (Phi) is 22.7. The molecular weight excluding hydrogens is 576 g/mol. The molecule has 0 aromatic heterocycles. The fourth-order valence-corrected chi connectivity index (χ4v) is 5.16. The number of carbonyl (C=O) groups excluding carboxylic acids is 4. The predicted octanol–water partition coefficient (Wildman–Crippen LogP) is 7.59. The van der Waals surface area contributed by atoms with Gasteiger partial charge in [0.2, 0.25) is 23.6 Å². The minimum atomic E-state index is -0.693. The molecule has 0 radical (unpaired) electrons. The van der Waals surface area contributed by atoms with Crippen molar-refractivity contribution in [3.05, 3.63) is 36.5 Å². The Morgan fingerprint density at radius 2 is 1.26 bits per heavy atom. The van der Waals surface area contributed by atoms with Gasteiger partial charge in [0, 0.05) is 35.8 Å². The number of likely N-dealkylation sites (tertiary alicyclic amines) is 1. The maximum absolute atomic E-state index is 12.4.